The zero-order valence-electron chi connectivity index (χ0n) is 8.71. The standard InChI is InChI=1S/C11H16N2O/c1-13-7-3-6-12-10-5-4-9(14-2)8-11(10)13/h4-5,8,12H,3,6-7H2,1-2H3. The van der Waals surface area contributed by atoms with Gasteiger partial charge in [0.25, 0.3) is 0 Å². The van der Waals surface area contributed by atoms with E-state index in [1.165, 1.54) is 17.8 Å². The van der Waals surface area contributed by atoms with E-state index in [0.29, 0.717) is 0 Å². The Hall–Kier alpha value is -1.38. The molecule has 3 heteroatoms. The molecule has 0 spiro atoms. The molecule has 1 aromatic rings. The predicted molar refractivity (Wildman–Crippen MR) is 59.4 cm³/mol. The van der Waals surface area contributed by atoms with Gasteiger partial charge < -0.3 is 15.0 Å². The minimum atomic E-state index is 0.916. The number of fused-ring (bicyclic) bond motifs is 1. The van der Waals surface area contributed by atoms with Crippen LogP contribution in [0.15, 0.2) is 18.2 Å². The molecule has 1 heterocycles. The maximum atomic E-state index is 5.21. The maximum absolute atomic E-state index is 5.21. The van der Waals surface area contributed by atoms with Crippen molar-refractivity contribution in [1.82, 2.24) is 0 Å². The van der Waals surface area contributed by atoms with Crippen molar-refractivity contribution in [2.24, 2.45) is 0 Å². The minimum Gasteiger partial charge on any atom is -0.497 e. The normalized spacial score (nSPS) is 15.4. The van der Waals surface area contributed by atoms with Crippen molar-refractivity contribution in [3.63, 3.8) is 0 Å². The van der Waals surface area contributed by atoms with Crippen LogP contribution in [0, 0.1) is 0 Å². The van der Waals surface area contributed by atoms with Crippen molar-refractivity contribution in [1.29, 1.82) is 0 Å². The zero-order chi connectivity index (χ0) is 9.97. The highest BCUT2D eigenvalue weighted by atomic mass is 16.5. The van der Waals surface area contributed by atoms with E-state index in [4.69, 9.17) is 4.74 Å². The van der Waals surface area contributed by atoms with E-state index in [9.17, 15) is 0 Å². The number of hydrogen-bond donors (Lipinski definition) is 1. The second kappa shape index (κ2) is 3.78. The number of ether oxygens (including phenoxy) is 1. The first-order valence-electron chi connectivity index (χ1n) is 4.94. The molecule has 0 fully saturated rings. The molecule has 1 aliphatic heterocycles. The second-order valence-corrected chi connectivity index (χ2v) is 3.58. The number of benzene rings is 1. The van der Waals surface area contributed by atoms with Gasteiger partial charge >= 0.3 is 0 Å². The number of rotatable bonds is 1. The molecule has 0 amide bonds. The summed E-state index contributed by atoms with van der Waals surface area (Å²) in [7, 11) is 3.82. The number of nitrogens with one attached hydrogen (secondary N) is 1. The van der Waals surface area contributed by atoms with Crippen LogP contribution in [0.2, 0.25) is 0 Å². The molecular weight excluding hydrogens is 176 g/mol. The second-order valence-electron chi connectivity index (χ2n) is 3.58. The lowest BCUT2D eigenvalue weighted by molar-refractivity contribution is 0.415. The molecule has 3 nitrogen and oxygen atoms in total. The summed E-state index contributed by atoms with van der Waals surface area (Å²) in [4.78, 5) is 2.26. The predicted octanol–water partition coefficient (Wildman–Crippen LogP) is 1.95. The molecular formula is C11H16N2O. The van der Waals surface area contributed by atoms with Gasteiger partial charge in [0.1, 0.15) is 5.75 Å². The Labute approximate surface area is 84.7 Å². The molecule has 0 bridgehead atoms. The van der Waals surface area contributed by atoms with Crippen LogP contribution in [-0.4, -0.2) is 27.2 Å². The first-order chi connectivity index (χ1) is 6.81. The van der Waals surface area contributed by atoms with Crippen LogP contribution in [0.3, 0.4) is 0 Å². The number of hydrogen-bond acceptors (Lipinski definition) is 3. The van der Waals surface area contributed by atoms with Crippen molar-refractivity contribution in [3.8, 4) is 5.75 Å². The molecule has 0 aliphatic carbocycles. The summed E-state index contributed by atoms with van der Waals surface area (Å²) in [5.74, 6) is 0.916. The van der Waals surface area contributed by atoms with Gasteiger partial charge in [0.15, 0.2) is 0 Å². The van der Waals surface area contributed by atoms with E-state index in [2.05, 4.69) is 29.4 Å². The quantitative estimate of drug-likeness (QED) is 0.736. The molecule has 0 aromatic heterocycles. The lowest BCUT2D eigenvalue weighted by Crippen LogP contribution is -2.17. The first-order valence-corrected chi connectivity index (χ1v) is 4.94. The molecule has 14 heavy (non-hydrogen) atoms. The summed E-state index contributed by atoms with van der Waals surface area (Å²) in [5.41, 5.74) is 2.42. The summed E-state index contributed by atoms with van der Waals surface area (Å²) < 4.78 is 5.21. The van der Waals surface area contributed by atoms with Gasteiger partial charge in [-0.25, -0.2) is 0 Å². The molecule has 1 N–H and O–H groups in total. The smallest absolute Gasteiger partial charge is 0.121 e. The van der Waals surface area contributed by atoms with Crippen LogP contribution in [0.1, 0.15) is 6.42 Å². The van der Waals surface area contributed by atoms with E-state index in [-0.39, 0.29) is 0 Å². The molecule has 1 aromatic carbocycles. The van der Waals surface area contributed by atoms with E-state index in [0.717, 1.165) is 18.8 Å². The number of nitrogens with zero attached hydrogens (tertiary/aromatic N) is 1. The average Bonchev–Trinajstić information content (AvgIpc) is 2.40. The Morgan fingerprint density at radius 1 is 1.43 bits per heavy atom. The third-order valence-electron chi connectivity index (χ3n) is 2.60. The Kier molecular flexibility index (Phi) is 2.48. The Morgan fingerprint density at radius 2 is 2.29 bits per heavy atom. The molecule has 0 atom stereocenters. The summed E-state index contributed by atoms with van der Waals surface area (Å²) >= 11 is 0. The lowest BCUT2D eigenvalue weighted by atomic mass is 10.2. The van der Waals surface area contributed by atoms with Gasteiger partial charge in [0.05, 0.1) is 18.5 Å². The first kappa shape index (κ1) is 9.19. The van der Waals surface area contributed by atoms with Gasteiger partial charge in [-0.1, -0.05) is 0 Å². The summed E-state index contributed by atoms with van der Waals surface area (Å²) in [6.07, 6.45) is 1.17. The van der Waals surface area contributed by atoms with Crippen LogP contribution in [0.5, 0.6) is 5.75 Å². The van der Waals surface area contributed by atoms with Crippen LogP contribution in [-0.2, 0) is 0 Å². The van der Waals surface area contributed by atoms with Crippen LogP contribution in [0.25, 0.3) is 0 Å². The molecule has 76 valence electrons. The fourth-order valence-corrected chi connectivity index (χ4v) is 1.76. The third-order valence-corrected chi connectivity index (χ3v) is 2.60. The van der Waals surface area contributed by atoms with Gasteiger partial charge in [-0.3, -0.25) is 0 Å². The summed E-state index contributed by atoms with van der Waals surface area (Å²) in [5, 5.41) is 3.41. The fraction of sp³-hybridized carbons (Fsp3) is 0.455. The van der Waals surface area contributed by atoms with Crippen molar-refractivity contribution in [2.45, 2.75) is 6.42 Å². The van der Waals surface area contributed by atoms with Crippen LogP contribution >= 0.6 is 0 Å². The Balaban J connectivity index is 2.39. The highest BCUT2D eigenvalue weighted by molar-refractivity contribution is 5.72. The SMILES string of the molecule is COc1ccc2c(c1)N(C)CCCN2. The largest absolute Gasteiger partial charge is 0.497 e. The highest BCUT2D eigenvalue weighted by Gasteiger charge is 2.11. The van der Waals surface area contributed by atoms with Gasteiger partial charge in [0, 0.05) is 26.2 Å². The monoisotopic (exact) mass is 192 g/mol. The lowest BCUT2D eigenvalue weighted by Gasteiger charge is -2.19. The fourth-order valence-electron chi connectivity index (χ4n) is 1.76. The topological polar surface area (TPSA) is 24.5 Å². The average molecular weight is 192 g/mol. The molecule has 0 radical (unpaired) electrons. The molecule has 1 aliphatic rings. The van der Waals surface area contributed by atoms with Crippen LogP contribution < -0.4 is 15.0 Å². The van der Waals surface area contributed by atoms with Crippen LogP contribution in [0.4, 0.5) is 11.4 Å². The van der Waals surface area contributed by atoms with Crippen molar-refractivity contribution < 1.29 is 4.74 Å². The van der Waals surface area contributed by atoms with Crippen molar-refractivity contribution in [3.05, 3.63) is 18.2 Å². The number of anilines is 2. The van der Waals surface area contributed by atoms with Crippen molar-refractivity contribution >= 4 is 11.4 Å². The highest BCUT2D eigenvalue weighted by Crippen LogP contribution is 2.31. The zero-order valence-corrected chi connectivity index (χ0v) is 8.71. The molecule has 0 unspecified atom stereocenters. The number of methoxy groups -OCH3 is 1. The van der Waals surface area contributed by atoms with E-state index in [1.54, 1.807) is 7.11 Å². The summed E-state index contributed by atoms with van der Waals surface area (Å²) in [6, 6.07) is 6.15. The Bertz CT molecular complexity index is 325. The third kappa shape index (κ3) is 1.62. The Morgan fingerprint density at radius 3 is 3.07 bits per heavy atom. The van der Waals surface area contributed by atoms with Gasteiger partial charge in [0.2, 0.25) is 0 Å². The van der Waals surface area contributed by atoms with Gasteiger partial charge in [-0.05, 0) is 18.6 Å². The molecule has 2 rings (SSSR count). The van der Waals surface area contributed by atoms with Gasteiger partial charge in [-0.15, -0.1) is 0 Å². The van der Waals surface area contributed by atoms with E-state index in [1.807, 2.05) is 6.07 Å². The minimum absolute atomic E-state index is 0.916. The van der Waals surface area contributed by atoms with E-state index >= 15 is 0 Å². The molecule has 0 saturated carbocycles. The van der Waals surface area contributed by atoms with Gasteiger partial charge in [-0.2, -0.15) is 0 Å². The molecule has 0 saturated heterocycles. The van der Waals surface area contributed by atoms with E-state index < -0.39 is 0 Å². The van der Waals surface area contributed by atoms with Crippen molar-refractivity contribution in [2.75, 3.05) is 37.5 Å². The summed E-state index contributed by atoms with van der Waals surface area (Å²) in [6.45, 7) is 2.14. The maximum Gasteiger partial charge on any atom is 0.121 e.